The quantitative estimate of drug-likeness (QED) is 0.484. The van der Waals surface area contributed by atoms with Gasteiger partial charge >= 0.3 is 6.61 Å². The summed E-state index contributed by atoms with van der Waals surface area (Å²) in [6.45, 7) is 2.78. The first kappa shape index (κ1) is 21.3. The number of halogens is 2. The summed E-state index contributed by atoms with van der Waals surface area (Å²) in [4.78, 5) is 4.13. The maximum atomic E-state index is 12.7. The Kier molecular flexibility index (Phi) is 10.1. The molecule has 25 heavy (non-hydrogen) atoms. The molecule has 0 amide bonds. The molecule has 1 aromatic rings. The molecule has 1 rings (SSSR count). The predicted octanol–water partition coefficient (Wildman–Crippen LogP) is 3.49. The number of aliphatic imine (C=N–C) groups is 1. The highest BCUT2D eigenvalue weighted by molar-refractivity contribution is 7.99. The molecular formula is C17H27F2N3O2S. The average molecular weight is 375 g/mol. The second-order valence-electron chi connectivity index (χ2n) is 5.35. The molecule has 0 aliphatic heterocycles. The Balaban J connectivity index is 2.74. The van der Waals surface area contributed by atoms with Gasteiger partial charge in [-0.3, -0.25) is 4.99 Å². The molecule has 0 heterocycles. The average Bonchev–Trinajstić information content (AvgIpc) is 2.60. The normalized spacial score (nSPS) is 12.8. The van der Waals surface area contributed by atoms with Crippen LogP contribution >= 0.6 is 11.8 Å². The van der Waals surface area contributed by atoms with Crippen LogP contribution in [0.4, 0.5) is 8.78 Å². The molecular weight excluding hydrogens is 348 g/mol. The monoisotopic (exact) mass is 375 g/mol. The molecule has 0 radical (unpaired) electrons. The van der Waals surface area contributed by atoms with Crippen LogP contribution in [0.5, 0.6) is 11.5 Å². The third-order valence-corrected chi connectivity index (χ3v) is 4.33. The summed E-state index contributed by atoms with van der Waals surface area (Å²) < 4.78 is 35.5. The molecule has 0 bridgehead atoms. The lowest BCUT2D eigenvalue weighted by Gasteiger charge is -2.17. The second-order valence-corrected chi connectivity index (χ2v) is 6.63. The van der Waals surface area contributed by atoms with E-state index >= 15 is 0 Å². The topological polar surface area (TPSA) is 54.9 Å². The molecule has 0 aromatic heterocycles. The van der Waals surface area contributed by atoms with Crippen molar-refractivity contribution in [3.05, 3.63) is 23.8 Å². The van der Waals surface area contributed by atoms with Crippen molar-refractivity contribution in [3.8, 4) is 11.5 Å². The zero-order chi connectivity index (χ0) is 18.7. The molecule has 0 aliphatic carbocycles. The molecule has 2 N–H and O–H groups in total. The van der Waals surface area contributed by atoms with E-state index in [1.807, 2.05) is 13.2 Å². The minimum atomic E-state index is -2.89. The van der Waals surface area contributed by atoms with E-state index in [9.17, 15) is 8.78 Å². The van der Waals surface area contributed by atoms with Crippen LogP contribution in [0.15, 0.2) is 23.2 Å². The molecule has 1 atom stereocenters. The lowest BCUT2D eigenvalue weighted by atomic mass is 10.2. The molecule has 0 saturated carbocycles. The molecule has 0 spiro atoms. The molecule has 0 aliphatic rings. The van der Waals surface area contributed by atoms with Gasteiger partial charge in [-0.2, -0.15) is 20.5 Å². The maximum absolute atomic E-state index is 12.7. The Labute approximate surface area is 152 Å². The largest absolute Gasteiger partial charge is 0.493 e. The molecule has 8 heteroatoms. The number of thioether (sulfide) groups is 1. The molecule has 5 nitrogen and oxygen atoms in total. The fourth-order valence-corrected chi connectivity index (χ4v) is 2.17. The van der Waals surface area contributed by atoms with E-state index in [-0.39, 0.29) is 5.75 Å². The van der Waals surface area contributed by atoms with Gasteiger partial charge in [-0.25, -0.2) is 0 Å². The van der Waals surface area contributed by atoms with Crippen molar-refractivity contribution in [2.75, 3.05) is 26.5 Å². The summed E-state index contributed by atoms with van der Waals surface area (Å²) >= 11 is 1.75. The van der Waals surface area contributed by atoms with Gasteiger partial charge in [-0.15, -0.1) is 0 Å². The van der Waals surface area contributed by atoms with Gasteiger partial charge in [0.05, 0.1) is 6.61 Å². The zero-order valence-electron chi connectivity index (χ0n) is 15.1. The van der Waals surface area contributed by atoms with Crippen LogP contribution in [0, 0.1) is 0 Å². The molecule has 1 aromatic carbocycles. The maximum Gasteiger partial charge on any atom is 0.387 e. The van der Waals surface area contributed by atoms with Crippen LogP contribution in [-0.4, -0.2) is 44.3 Å². The second kappa shape index (κ2) is 11.8. The highest BCUT2D eigenvalue weighted by Gasteiger charge is 2.12. The number of rotatable bonds is 10. The van der Waals surface area contributed by atoms with E-state index in [0.717, 1.165) is 13.0 Å². The summed E-state index contributed by atoms with van der Waals surface area (Å²) in [6, 6.07) is 4.95. The number of guanidine groups is 1. The van der Waals surface area contributed by atoms with E-state index in [0.29, 0.717) is 35.7 Å². The Hall–Kier alpha value is -1.70. The first-order valence-corrected chi connectivity index (χ1v) is 9.46. The number of hydrogen-bond donors (Lipinski definition) is 2. The van der Waals surface area contributed by atoms with E-state index in [4.69, 9.17) is 4.74 Å². The number of alkyl halides is 2. The highest BCUT2D eigenvalue weighted by atomic mass is 32.2. The Morgan fingerprint density at radius 2 is 2.08 bits per heavy atom. The fraction of sp³-hybridized carbons (Fsp3) is 0.588. The van der Waals surface area contributed by atoms with E-state index in [1.54, 1.807) is 30.9 Å². The van der Waals surface area contributed by atoms with Gasteiger partial charge < -0.3 is 20.1 Å². The van der Waals surface area contributed by atoms with E-state index in [1.165, 1.54) is 6.07 Å². The Morgan fingerprint density at radius 1 is 1.32 bits per heavy atom. The summed E-state index contributed by atoms with van der Waals surface area (Å²) in [7, 11) is 1.66. The van der Waals surface area contributed by atoms with Crippen molar-refractivity contribution in [2.45, 2.75) is 38.7 Å². The van der Waals surface area contributed by atoms with Gasteiger partial charge in [-0.05, 0) is 24.8 Å². The van der Waals surface area contributed by atoms with Crippen molar-refractivity contribution in [2.24, 2.45) is 4.99 Å². The number of nitrogens with zero attached hydrogens (tertiary/aromatic N) is 1. The first-order chi connectivity index (χ1) is 12.0. The predicted molar refractivity (Wildman–Crippen MR) is 100 cm³/mol. The number of benzene rings is 1. The van der Waals surface area contributed by atoms with Crippen LogP contribution in [0.25, 0.3) is 0 Å². The van der Waals surface area contributed by atoms with Gasteiger partial charge in [0.2, 0.25) is 0 Å². The Morgan fingerprint density at radius 3 is 2.68 bits per heavy atom. The summed E-state index contributed by atoms with van der Waals surface area (Å²) in [5, 5.41) is 6.74. The summed E-state index contributed by atoms with van der Waals surface area (Å²) in [5.74, 6) is 1.22. The SMILES string of the molecule is CCCOc1ccc(CNC(=NC)NCC(C)SC)c(OC(F)F)c1. The number of hydrogen-bond acceptors (Lipinski definition) is 4. The van der Waals surface area contributed by atoms with Crippen molar-refractivity contribution in [1.29, 1.82) is 0 Å². The standard InChI is InChI=1S/C17H27F2N3O2S/c1-5-8-23-14-7-6-13(15(9-14)24-16(18)19)11-22-17(20-3)21-10-12(2)25-4/h6-7,9,12,16H,5,8,10-11H2,1-4H3,(H2,20,21,22). The summed E-state index contributed by atoms with van der Waals surface area (Å²) in [6.07, 6.45) is 2.88. The number of ether oxygens (including phenoxy) is 2. The third-order valence-electron chi connectivity index (χ3n) is 3.36. The fourth-order valence-electron chi connectivity index (χ4n) is 1.92. The molecule has 0 fully saturated rings. The third kappa shape index (κ3) is 8.29. The van der Waals surface area contributed by atoms with Crippen molar-refractivity contribution in [3.63, 3.8) is 0 Å². The minimum Gasteiger partial charge on any atom is -0.493 e. The van der Waals surface area contributed by atoms with Crippen LogP contribution in [0.2, 0.25) is 0 Å². The Bertz CT molecular complexity index is 545. The summed E-state index contributed by atoms with van der Waals surface area (Å²) in [5.41, 5.74) is 0.602. The van der Waals surface area contributed by atoms with Crippen LogP contribution < -0.4 is 20.1 Å². The van der Waals surface area contributed by atoms with Crippen molar-refractivity contribution in [1.82, 2.24) is 10.6 Å². The molecule has 142 valence electrons. The lowest BCUT2D eigenvalue weighted by molar-refractivity contribution is -0.0505. The van der Waals surface area contributed by atoms with Gasteiger partial charge in [0, 0.05) is 37.0 Å². The first-order valence-electron chi connectivity index (χ1n) is 8.18. The van der Waals surface area contributed by atoms with Crippen LogP contribution in [-0.2, 0) is 6.54 Å². The van der Waals surface area contributed by atoms with Gasteiger partial charge in [-0.1, -0.05) is 13.8 Å². The molecule has 1 unspecified atom stereocenters. The van der Waals surface area contributed by atoms with E-state index < -0.39 is 6.61 Å². The minimum absolute atomic E-state index is 0.101. The van der Waals surface area contributed by atoms with Gasteiger partial charge in [0.15, 0.2) is 5.96 Å². The zero-order valence-corrected chi connectivity index (χ0v) is 16.0. The van der Waals surface area contributed by atoms with Gasteiger partial charge in [0.25, 0.3) is 0 Å². The smallest absolute Gasteiger partial charge is 0.387 e. The van der Waals surface area contributed by atoms with Crippen LogP contribution in [0.3, 0.4) is 0 Å². The lowest BCUT2D eigenvalue weighted by Crippen LogP contribution is -2.39. The van der Waals surface area contributed by atoms with Crippen LogP contribution in [0.1, 0.15) is 25.8 Å². The van der Waals surface area contributed by atoms with Gasteiger partial charge in [0.1, 0.15) is 11.5 Å². The number of nitrogens with one attached hydrogen (secondary N) is 2. The van der Waals surface area contributed by atoms with Crippen molar-refractivity contribution >= 4 is 17.7 Å². The van der Waals surface area contributed by atoms with Crippen molar-refractivity contribution < 1.29 is 18.3 Å². The molecule has 0 saturated heterocycles. The highest BCUT2D eigenvalue weighted by Crippen LogP contribution is 2.26. The van der Waals surface area contributed by atoms with E-state index in [2.05, 4.69) is 27.3 Å².